The molecule has 0 bridgehead atoms. The van der Waals surface area contributed by atoms with Gasteiger partial charge < -0.3 is 10.6 Å². The summed E-state index contributed by atoms with van der Waals surface area (Å²) in [6.45, 7) is 2.71. The second kappa shape index (κ2) is 7.54. The molecular formula is C17H18F2N2O. The van der Waals surface area contributed by atoms with E-state index in [1.807, 2.05) is 31.2 Å². The highest BCUT2D eigenvalue weighted by Gasteiger charge is 2.05. The van der Waals surface area contributed by atoms with Crippen LogP contribution < -0.4 is 10.6 Å². The van der Waals surface area contributed by atoms with Crippen molar-refractivity contribution in [2.45, 2.75) is 19.9 Å². The molecule has 22 heavy (non-hydrogen) atoms. The summed E-state index contributed by atoms with van der Waals surface area (Å²) < 4.78 is 26.2. The van der Waals surface area contributed by atoms with E-state index in [1.165, 1.54) is 12.1 Å². The first-order chi connectivity index (χ1) is 10.5. The number of urea groups is 1. The van der Waals surface area contributed by atoms with Crippen LogP contribution in [0.25, 0.3) is 0 Å². The van der Waals surface area contributed by atoms with Crippen molar-refractivity contribution in [2.24, 2.45) is 0 Å². The van der Waals surface area contributed by atoms with Crippen molar-refractivity contribution in [1.29, 1.82) is 0 Å². The Balaban J connectivity index is 1.72. The van der Waals surface area contributed by atoms with Crippen LogP contribution in [0.15, 0.2) is 42.5 Å². The van der Waals surface area contributed by atoms with Gasteiger partial charge in [-0.1, -0.05) is 35.9 Å². The lowest BCUT2D eigenvalue weighted by molar-refractivity contribution is 0.240. The number of hydrogen-bond acceptors (Lipinski definition) is 1. The van der Waals surface area contributed by atoms with Gasteiger partial charge in [0.05, 0.1) is 0 Å². The maximum absolute atomic E-state index is 13.4. The van der Waals surface area contributed by atoms with Crippen LogP contribution in [0.3, 0.4) is 0 Å². The zero-order valence-electron chi connectivity index (χ0n) is 12.3. The molecule has 0 spiro atoms. The number of amides is 2. The molecule has 116 valence electrons. The van der Waals surface area contributed by atoms with E-state index in [1.54, 1.807) is 0 Å². The summed E-state index contributed by atoms with van der Waals surface area (Å²) in [6.07, 6.45) is 0.310. The van der Waals surface area contributed by atoms with E-state index in [0.717, 1.165) is 17.2 Å². The Morgan fingerprint density at radius 3 is 2.45 bits per heavy atom. The third-order valence-corrected chi connectivity index (χ3v) is 3.27. The lowest BCUT2D eigenvalue weighted by Gasteiger charge is -2.08. The molecule has 0 aliphatic heterocycles. The predicted molar refractivity (Wildman–Crippen MR) is 81.5 cm³/mol. The smallest absolute Gasteiger partial charge is 0.315 e. The average molecular weight is 304 g/mol. The lowest BCUT2D eigenvalue weighted by atomic mass is 10.1. The summed E-state index contributed by atoms with van der Waals surface area (Å²) in [4.78, 5) is 11.6. The molecule has 3 nitrogen and oxygen atoms in total. The molecule has 2 rings (SSSR count). The molecule has 0 fully saturated rings. The molecule has 2 amide bonds. The molecule has 0 saturated carbocycles. The Kier molecular flexibility index (Phi) is 5.47. The largest absolute Gasteiger partial charge is 0.338 e. The fourth-order valence-electron chi connectivity index (χ4n) is 1.99. The van der Waals surface area contributed by atoms with Crippen molar-refractivity contribution in [1.82, 2.24) is 10.6 Å². The molecule has 0 aliphatic carbocycles. The first kappa shape index (κ1) is 15.9. The van der Waals surface area contributed by atoms with Crippen LogP contribution in [-0.2, 0) is 13.0 Å². The number of carbonyl (C=O) groups is 1. The lowest BCUT2D eigenvalue weighted by Crippen LogP contribution is -2.36. The minimum absolute atomic E-state index is 0.280. The highest BCUT2D eigenvalue weighted by atomic mass is 19.1. The Morgan fingerprint density at radius 1 is 1.05 bits per heavy atom. The predicted octanol–water partition coefficient (Wildman–Crippen LogP) is 3.32. The van der Waals surface area contributed by atoms with Crippen LogP contribution in [-0.4, -0.2) is 12.6 Å². The Bertz CT molecular complexity index is 642. The quantitative estimate of drug-likeness (QED) is 0.874. The van der Waals surface area contributed by atoms with Gasteiger partial charge in [-0.2, -0.15) is 0 Å². The third kappa shape index (κ3) is 4.84. The average Bonchev–Trinajstić information content (AvgIpc) is 2.49. The SMILES string of the molecule is Cc1ccc(CNC(=O)NCCc2ccc(F)cc2F)cc1. The van der Waals surface area contributed by atoms with Gasteiger partial charge in [-0.15, -0.1) is 0 Å². The van der Waals surface area contributed by atoms with Gasteiger partial charge in [-0.25, -0.2) is 13.6 Å². The van der Waals surface area contributed by atoms with Crippen molar-refractivity contribution < 1.29 is 13.6 Å². The zero-order chi connectivity index (χ0) is 15.9. The van der Waals surface area contributed by atoms with E-state index in [4.69, 9.17) is 0 Å². The van der Waals surface area contributed by atoms with Gasteiger partial charge in [-0.3, -0.25) is 0 Å². The monoisotopic (exact) mass is 304 g/mol. The summed E-state index contributed by atoms with van der Waals surface area (Å²) in [5.41, 5.74) is 2.54. The normalized spacial score (nSPS) is 10.3. The molecular weight excluding hydrogens is 286 g/mol. The topological polar surface area (TPSA) is 41.1 Å². The van der Waals surface area contributed by atoms with E-state index >= 15 is 0 Å². The number of halogens is 2. The number of aryl methyl sites for hydroxylation is 1. The first-order valence-electron chi connectivity index (χ1n) is 7.06. The standard InChI is InChI=1S/C17H18F2N2O/c1-12-2-4-13(5-3-12)11-21-17(22)20-9-8-14-6-7-15(18)10-16(14)19/h2-7,10H,8-9,11H2,1H3,(H2,20,21,22). The fourth-order valence-corrected chi connectivity index (χ4v) is 1.99. The highest BCUT2D eigenvalue weighted by molar-refractivity contribution is 5.73. The van der Waals surface area contributed by atoms with E-state index < -0.39 is 11.6 Å². The minimum atomic E-state index is -0.606. The number of nitrogens with one attached hydrogen (secondary N) is 2. The third-order valence-electron chi connectivity index (χ3n) is 3.27. The summed E-state index contributed by atoms with van der Waals surface area (Å²) >= 11 is 0. The van der Waals surface area contributed by atoms with Crippen molar-refractivity contribution in [2.75, 3.05) is 6.54 Å². The second-order valence-electron chi connectivity index (χ2n) is 5.08. The van der Waals surface area contributed by atoms with Crippen LogP contribution in [0.2, 0.25) is 0 Å². The van der Waals surface area contributed by atoms with Gasteiger partial charge in [0.1, 0.15) is 11.6 Å². The van der Waals surface area contributed by atoms with Gasteiger partial charge in [0.2, 0.25) is 0 Å². The summed E-state index contributed by atoms with van der Waals surface area (Å²) in [5.74, 6) is -1.20. The molecule has 0 unspecified atom stereocenters. The molecule has 0 saturated heterocycles. The maximum atomic E-state index is 13.4. The highest BCUT2D eigenvalue weighted by Crippen LogP contribution is 2.09. The molecule has 0 radical (unpaired) electrons. The molecule has 2 aromatic carbocycles. The Morgan fingerprint density at radius 2 is 1.77 bits per heavy atom. The second-order valence-corrected chi connectivity index (χ2v) is 5.08. The van der Waals surface area contributed by atoms with Crippen LogP contribution in [0.1, 0.15) is 16.7 Å². The number of carbonyl (C=O) groups excluding carboxylic acids is 1. The molecule has 2 aromatic rings. The minimum Gasteiger partial charge on any atom is -0.338 e. The molecule has 2 N–H and O–H groups in total. The molecule has 0 heterocycles. The molecule has 0 atom stereocenters. The molecule has 0 aromatic heterocycles. The van der Waals surface area contributed by atoms with Crippen LogP contribution in [0.4, 0.5) is 13.6 Å². The van der Waals surface area contributed by atoms with Gasteiger partial charge in [0.15, 0.2) is 0 Å². The van der Waals surface area contributed by atoms with Crippen LogP contribution >= 0.6 is 0 Å². The van der Waals surface area contributed by atoms with Gasteiger partial charge >= 0.3 is 6.03 Å². The number of benzene rings is 2. The fraction of sp³-hybridized carbons (Fsp3) is 0.235. The van der Waals surface area contributed by atoms with Crippen molar-refractivity contribution in [3.8, 4) is 0 Å². The molecule has 0 aliphatic rings. The first-order valence-corrected chi connectivity index (χ1v) is 7.06. The number of rotatable bonds is 5. The van der Waals surface area contributed by atoms with Gasteiger partial charge in [-0.05, 0) is 30.5 Å². The van der Waals surface area contributed by atoms with Crippen LogP contribution in [0, 0.1) is 18.6 Å². The summed E-state index contributed by atoms with van der Waals surface area (Å²) in [6, 6.07) is 11.0. The van der Waals surface area contributed by atoms with E-state index in [0.29, 0.717) is 18.5 Å². The van der Waals surface area contributed by atoms with Crippen molar-refractivity contribution >= 4 is 6.03 Å². The van der Waals surface area contributed by atoms with E-state index in [-0.39, 0.29) is 12.6 Å². The van der Waals surface area contributed by atoms with Gasteiger partial charge in [0, 0.05) is 19.2 Å². The number of hydrogen-bond donors (Lipinski definition) is 2. The maximum Gasteiger partial charge on any atom is 0.315 e. The summed E-state index contributed by atoms with van der Waals surface area (Å²) in [5, 5.41) is 5.37. The van der Waals surface area contributed by atoms with Crippen molar-refractivity contribution in [3.05, 3.63) is 70.8 Å². The Labute approximate surface area is 128 Å². The van der Waals surface area contributed by atoms with Gasteiger partial charge in [0.25, 0.3) is 0 Å². The van der Waals surface area contributed by atoms with Crippen LogP contribution in [0.5, 0.6) is 0 Å². The zero-order valence-corrected chi connectivity index (χ0v) is 12.3. The molecule has 5 heteroatoms. The summed E-state index contributed by atoms with van der Waals surface area (Å²) in [7, 11) is 0. The Hall–Kier alpha value is -2.43. The van der Waals surface area contributed by atoms with E-state index in [2.05, 4.69) is 10.6 Å². The van der Waals surface area contributed by atoms with E-state index in [9.17, 15) is 13.6 Å². The van der Waals surface area contributed by atoms with Crippen molar-refractivity contribution in [3.63, 3.8) is 0 Å².